The zero-order valence-corrected chi connectivity index (χ0v) is 16.3. The first-order valence-corrected chi connectivity index (χ1v) is 9.28. The lowest BCUT2D eigenvalue weighted by molar-refractivity contribution is 0.0792. The lowest BCUT2D eigenvalue weighted by Crippen LogP contribution is -2.10. The van der Waals surface area contributed by atoms with Gasteiger partial charge < -0.3 is 19.2 Å². The van der Waals surface area contributed by atoms with E-state index >= 15 is 0 Å². The van der Waals surface area contributed by atoms with Gasteiger partial charge in [-0.25, -0.2) is 4.68 Å². The maximum atomic E-state index is 12.3. The Bertz CT molecular complexity index is 897. The summed E-state index contributed by atoms with van der Waals surface area (Å²) < 4.78 is 18.2. The average molecular weight is 383 g/mol. The molecule has 0 aliphatic rings. The lowest BCUT2D eigenvalue weighted by atomic mass is 10.0. The van der Waals surface area contributed by atoms with Gasteiger partial charge in [0.05, 0.1) is 18.1 Å². The van der Waals surface area contributed by atoms with Crippen LogP contribution in [0.4, 0.5) is 5.69 Å². The first-order chi connectivity index (χ1) is 13.5. The van der Waals surface area contributed by atoms with Crippen LogP contribution in [0.5, 0.6) is 5.75 Å². The summed E-state index contributed by atoms with van der Waals surface area (Å²) in [7, 11) is 0. The van der Waals surface area contributed by atoms with Crippen LogP contribution in [0.25, 0.3) is 0 Å². The molecule has 0 radical (unpaired) electrons. The molecule has 0 spiro atoms. The van der Waals surface area contributed by atoms with Gasteiger partial charge >= 0.3 is 0 Å². The minimum absolute atomic E-state index is 0.214. The minimum Gasteiger partial charge on any atom is -0.486 e. The number of hydrogen-bond acceptors (Lipinski definition) is 5. The molecule has 0 bridgehead atoms. The zero-order valence-electron chi connectivity index (χ0n) is 16.3. The van der Waals surface area contributed by atoms with Crippen molar-refractivity contribution in [3.05, 3.63) is 65.9 Å². The highest BCUT2D eigenvalue weighted by Gasteiger charge is 2.13. The summed E-state index contributed by atoms with van der Waals surface area (Å²) in [5, 5.41) is 6.86. The molecule has 3 aromatic rings. The SMILES string of the molecule is CCOCn1cc(NC(=O)c2ccc(COc3ccc(C(C)C)cc3)o2)cn1. The minimum atomic E-state index is -0.344. The van der Waals surface area contributed by atoms with E-state index in [2.05, 4.69) is 24.3 Å². The fourth-order valence-corrected chi connectivity index (χ4v) is 2.56. The second-order valence-corrected chi connectivity index (χ2v) is 6.62. The van der Waals surface area contributed by atoms with Crippen LogP contribution in [0.3, 0.4) is 0 Å². The van der Waals surface area contributed by atoms with E-state index < -0.39 is 0 Å². The average Bonchev–Trinajstić information content (AvgIpc) is 3.34. The number of ether oxygens (including phenoxy) is 2. The number of rotatable bonds is 9. The highest BCUT2D eigenvalue weighted by molar-refractivity contribution is 6.02. The third kappa shape index (κ3) is 5.23. The molecular weight excluding hydrogens is 358 g/mol. The molecule has 148 valence electrons. The van der Waals surface area contributed by atoms with Crippen LogP contribution in [0.1, 0.15) is 48.6 Å². The second-order valence-electron chi connectivity index (χ2n) is 6.62. The third-order valence-electron chi connectivity index (χ3n) is 4.13. The molecule has 28 heavy (non-hydrogen) atoms. The number of amides is 1. The van der Waals surface area contributed by atoms with Gasteiger partial charge in [-0.15, -0.1) is 0 Å². The number of furan rings is 1. The van der Waals surface area contributed by atoms with Crippen molar-refractivity contribution in [1.82, 2.24) is 9.78 Å². The largest absolute Gasteiger partial charge is 0.486 e. The van der Waals surface area contributed by atoms with Crippen LogP contribution in [-0.4, -0.2) is 22.3 Å². The molecule has 0 saturated carbocycles. The van der Waals surface area contributed by atoms with Crippen molar-refractivity contribution >= 4 is 11.6 Å². The molecule has 7 nitrogen and oxygen atoms in total. The molecule has 0 saturated heterocycles. The Hall–Kier alpha value is -3.06. The van der Waals surface area contributed by atoms with Crippen LogP contribution >= 0.6 is 0 Å². The van der Waals surface area contributed by atoms with Crippen molar-refractivity contribution in [2.75, 3.05) is 11.9 Å². The van der Waals surface area contributed by atoms with Crippen LogP contribution in [-0.2, 0) is 18.1 Å². The standard InChI is InChI=1S/C21H25N3O4/c1-4-26-14-24-12-17(11-22-24)23-21(25)20-10-9-19(28-20)13-27-18-7-5-16(6-8-18)15(2)3/h5-12,15H,4,13-14H2,1-3H3,(H,23,25). The summed E-state index contributed by atoms with van der Waals surface area (Å²) >= 11 is 0. The van der Waals surface area contributed by atoms with Crippen molar-refractivity contribution in [2.24, 2.45) is 0 Å². The van der Waals surface area contributed by atoms with Gasteiger partial charge in [-0.3, -0.25) is 4.79 Å². The molecule has 0 unspecified atom stereocenters. The van der Waals surface area contributed by atoms with Crippen molar-refractivity contribution in [3.63, 3.8) is 0 Å². The van der Waals surface area contributed by atoms with Gasteiger partial charge in [0, 0.05) is 6.61 Å². The van der Waals surface area contributed by atoms with E-state index in [0.717, 1.165) is 5.75 Å². The van der Waals surface area contributed by atoms with Gasteiger partial charge in [0.2, 0.25) is 0 Å². The van der Waals surface area contributed by atoms with Crippen LogP contribution in [0, 0.1) is 0 Å². The predicted molar refractivity (Wildman–Crippen MR) is 105 cm³/mol. The van der Waals surface area contributed by atoms with E-state index in [4.69, 9.17) is 13.9 Å². The topological polar surface area (TPSA) is 78.5 Å². The summed E-state index contributed by atoms with van der Waals surface area (Å²) in [6.07, 6.45) is 3.26. The van der Waals surface area contributed by atoms with Crippen LogP contribution in [0.2, 0.25) is 0 Å². The summed E-state index contributed by atoms with van der Waals surface area (Å²) in [6.45, 7) is 7.39. The molecule has 2 aromatic heterocycles. The smallest absolute Gasteiger partial charge is 0.291 e. The second kappa shape index (κ2) is 9.23. The fourth-order valence-electron chi connectivity index (χ4n) is 2.56. The van der Waals surface area contributed by atoms with Crippen molar-refractivity contribution in [1.29, 1.82) is 0 Å². The Morgan fingerprint density at radius 1 is 1.21 bits per heavy atom. The number of carbonyl (C=O) groups excluding carboxylic acids is 1. The normalized spacial score (nSPS) is 11.0. The highest BCUT2D eigenvalue weighted by atomic mass is 16.5. The maximum Gasteiger partial charge on any atom is 0.291 e. The number of benzene rings is 1. The van der Waals surface area contributed by atoms with Crippen LogP contribution < -0.4 is 10.1 Å². The Balaban J connectivity index is 1.52. The van der Waals surface area contributed by atoms with Crippen LogP contribution in [0.15, 0.2) is 53.2 Å². The van der Waals surface area contributed by atoms with Crippen molar-refractivity contribution in [3.8, 4) is 5.75 Å². The summed E-state index contributed by atoms with van der Waals surface area (Å²) in [6, 6.07) is 11.3. The lowest BCUT2D eigenvalue weighted by Gasteiger charge is -2.08. The number of aromatic nitrogens is 2. The number of carbonyl (C=O) groups is 1. The van der Waals surface area contributed by atoms with E-state index in [1.165, 1.54) is 5.56 Å². The van der Waals surface area contributed by atoms with E-state index in [-0.39, 0.29) is 18.3 Å². The first-order valence-electron chi connectivity index (χ1n) is 9.28. The number of nitrogens with one attached hydrogen (secondary N) is 1. The van der Waals surface area contributed by atoms with E-state index in [1.54, 1.807) is 29.2 Å². The predicted octanol–water partition coefficient (Wildman–Crippen LogP) is 4.42. The van der Waals surface area contributed by atoms with E-state index in [0.29, 0.717) is 30.7 Å². The van der Waals surface area contributed by atoms with Gasteiger partial charge in [0.1, 0.15) is 24.8 Å². The van der Waals surface area contributed by atoms with Gasteiger partial charge in [0.15, 0.2) is 5.76 Å². The first kappa shape index (κ1) is 19.7. The molecule has 0 fully saturated rings. The fraction of sp³-hybridized carbons (Fsp3) is 0.333. The molecule has 7 heteroatoms. The molecule has 1 amide bonds. The Morgan fingerprint density at radius 2 is 2.00 bits per heavy atom. The molecule has 1 N–H and O–H groups in total. The van der Waals surface area contributed by atoms with Gasteiger partial charge in [-0.2, -0.15) is 5.10 Å². The van der Waals surface area contributed by atoms with Crippen molar-refractivity contribution < 1.29 is 18.7 Å². The zero-order chi connectivity index (χ0) is 19.9. The molecular formula is C21H25N3O4. The Labute approximate surface area is 164 Å². The number of hydrogen-bond donors (Lipinski definition) is 1. The van der Waals surface area contributed by atoms with Gasteiger partial charge in [-0.05, 0) is 42.7 Å². The molecule has 0 atom stereocenters. The molecule has 2 heterocycles. The van der Waals surface area contributed by atoms with Gasteiger partial charge in [0.25, 0.3) is 5.91 Å². The summed E-state index contributed by atoms with van der Waals surface area (Å²) in [4.78, 5) is 12.3. The molecule has 1 aromatic carbocycles. The Kier molecular flexibility index (Phi) is 6.49. The van der Waals surface area contributed by atoms with Crippen molar-refractivity contribution in [2.45, 2.75) is 40.0 Å². The monoisotopic (exact) mass is 383 g/mol. The maximum absolute atomic E-state index is 12.3. The highest BCUT2D eigenvalue weighted by Crippen LogP contribution is 2.20. The van der Waals surface area contributed by atoms with E-state index in [9.17, 15) is 4.79 Å². The van der Waals surface area contributed by atoms with E-state index in [1.807, 2.05) is 31.2 Å². The third-order valence-corrected chi connectivity index (χ3v) is 4.13. The number of nitrogens with zero attached hydrogens (tertiary/aromatic N) is 2. The molecule has 3 rings (SSSR count). The summed E-state index contributed by atoms with van der Waals surface area (Å²) in [5.74, 6) is 1.68. The Morgan fingerprint density at radius 3 is 2.71 bits per heavy atom. The summed E-state index contributed by atoms with van der Waals surface area (Å²) in [5.41, 5.74) is 1.83. The molecule has 0 aliphatic heterocycles. The quantitative estimate of drug-likeness (QED) is 0.591. The number of anilines is 1. The van der Waals surface area contributed by atoms with Gasteiger partial charge in [-0.1, -0.05) is 26.0 Å². The molecule has 0 aliphatic carbocycles.